The van der Waals surface area contributed by atoms with Crippen LogP contribution < -0.4 is 5.32 Å². The van der Waals surface area contributed by atoms with Gasteiger partial charge in [-0.25, -0.2) is 0 Å². The van der Waals surface area contributed by atoms with E-state index in [1.165, 1.54) is 0 Å². The van der Waals surface area contributed by atoms with Crippen LogP contribution in [0.1, 0.15) is 32.4 Å². The Bertz CT molecular complexity index is 427. The fourth-order valence-electron chi connectivity index (χ4n) is 2.61. The van der Waals surface area contributed by atoms with Crippen LogP contribution in [-0.2, 0) is 11.3 Å². The molecule has 0 aliphatic carbocycles. The van der Waals surface area contributed by atoms with E-state index in [4.69, 9.17) is 0 Å². The van der Waals surface area contributed by atoms with Crippen molar-refractivity contribution in [1.82, 2.24) is 14.7 Å². The fourth-order valence-corrected chi connectivity index (χ4v) is 2.61. The number of aryl methyl sites for hydroxylation is 1. The Morgan fingerprint density at radius 2 is 2.28 bits per heavy atom. The van der Waals surface area contributed by atoms with Crippen molar-refractivity contribution in [3.63, 3.8) is 0 Å². The van der Waals surface area contributed by atoms with Gasteiger partial charge in [0.05, 0.1) is 23.6 Å². The summed E-state index contributed by atoms with van der Waals surface area (Å²) >= 11 is 0. The number of likely N-dealkylation sites (tertiary alicyclic amines) is 1. The largest absolute Gasteiger partial charge is 0.322 e. The van der Waals surface area contributed by atoms with Crippen molar-refractivity contribution in [1.29, 1.82) is 0 Å². The van der Waals surface area contributed by atoms with E-state index >= 15 is 0 Å². The first-order chi connectivity index (χ1) is 8.67. The summed E-state index contributed by atoms with van der Waals surface area (Å²) in [5.41, 5.74) is 1.86. The summed E-state index contributed by atoms with van der Waals surface area (Å²) in [6, 6.07) is 0.0272. The molecule has 100 valence electrons. The van der Waals surface area contributed by atoms with Crippen LogP contribution >= 0.6 is 0 Å². The highest BCUT2D eigenvalue weighted by Gasteiger charge is 2.29. The summed E-state index contributed by atoms with van der Waals surface area (Å²) in [4.78, 5) is 14.5. The number of hydrogen-bond acceptors (Lipinski definition) is 3. The Morgan fingerprint density at radius 3 is 2.89 bits per heavy atom. The maximum Gasteiger partial charge on any atom is 0.241 e. The third-order valence-corrected chi connectivity index (χ3v) is 3.73. The molecule has 5 heteroatoms. The quantitative estimate of drug-likeness (QED) is 0.883. The van der Waals surface area contributed by atoms with Crippen LogP contribution in [-0.4, -0.2) is 39.7 Å². The van der Waals surface area contributed by atoms with E-state index < -0.39 is 0 Å². The molecule has 1 aromatic rings. The maximum atomic E-state index is 12.2. The molecule has 0 spiro atoms. The van der Waals surface area contributed by atoms with E-state index in [0.29, 0.717) is 0 Å². The Balaban J connectivity index is 2.04. The minimum atomic E-state index is 0.0272. The lowest BCUT2D eigenvalue weighted by atomic mass is 10.2. The van der Waals surface area contributed by atoms with Crippen molar-refractivity contribution in [2.75, 3.05) is 18.4 Å². The van der Waals surface area contributed by atoms with Gasteiger partial charge < -0.3 is 5.32 Å². The monoisotopic (exact) mass is 250 g/mol. The average Bonchev–Trinajstić information content (AvgIpc) is 2.97. The standard InChI is InChI=1S/C13H22N4O/c1-4-16-8-6-7-12(16)13(18)15-11-9-14-17(5-2)10(11)3/h9,12H,4-8H2,1-3H3,(H,15,18)/t12-/m0/s1. The van der Waals surface area contributed by atoms with E-state index in [1.54, 1.807) is 6.20 Å². The molecular weight excluding hydrogens is 228 g/mol. The van der Waals surface area contributed by atoms with Gasteiger partial charge in [-0.05, 0) is 39.8 Å². The Kier molecular flexibility index (Phi) is 4.01. The average molecular weight is 250 g/mol. The molecule has 1 aliphatic rings. The van der Waals surface area contributed by atoms with Crippen molar-refractivity contribution in [3.05, 3.63) is 11.9 Å². The number of rotatable bonds is 4. The van der Waals surface area contributed by atoms with Gasteiger partial charge in [-0.3, -0.25) is 14.4 Å². The van der Waals surface area contributed by atoms with Crippen LogP contribution in [0.4, 0.5) is 5.69 Å². The molecule has 1 atom stereocenters. The SMILES string of the molecule is CCN1CCC[C@H]1C(=O)Nc1cnn(CC)c1C. The van der Waals surface area contributed by atoms with Gasteiger partial charge in [0.2, 0.25) is 5.91 Å². The highest BCUT2D eigenvalue weighted by molar-refractivity contribution is 5.95. The lowest BCUT2D eigenvalue weighted by Gasteiger charge is -2.21. The van der Waals surface area contributed by atoms with Gasteiger partial charge in [-0.15, -0.1) is 0 Å². The van der Waals surface area contributed by atoms with Crippen LogP contribution in [0.3, 0.4) is 0 Å². The zero-order valence-corrected chi connectivity index (χ0v) is 11.4. The number of anilines is 1. The zero-order valence-electron chi connectivity index (χ0n) is 11.4. The van der Waals surface area contributed by atoms with Crippen LogP contribution in [0.5, 0.6) is 0 Å². The lowest BCUT2D eigenvalue weighted by molar-refractivity contribution is -0.120. The number of likely N-dealkylation sites (N-methyl/N-ethyl adjacent to an activating group) is 1. The van der Waals surface area contributed by atoms with E-state index in [1.807, 2.05) is 18.5 Å². The molecule has 0 saturated carbocycles. The van der Waals surface area contributed by atoms with Crippen molar-refractivity contribution >= 4 is 11.6 Å². The molecule has 1 fully saturated rings. The summed E-state index contributed by atoms with van der Waals surface area (Å²) in [5.74, 6) is 0.105. The molecule has 18 heavy (non-hydrogen) atoms. The molecule has 2 rings (SSSR count). The molecule has 1 aromatic heterocycles. The summed E-state index contributed by atoms with van der Waals surface area (Å²) in [6.45, 7) is 8.92. The first-order valence-corrected chi connectivity index (χ1v) is 6.74. The minimum absolute atomic E-state index is 0.0272. The number of carbonyl (C=O) groups excluding carboxylic acids is 1. The van der Waals surface area contributed by atoms with Crippen molar-refractivity contribution in [2.45, 2.75) is 46.2 Å². The smallest absolute Gasteiger partial charge is 0.241 e. The number of nitrogens with one attached hydrogen (secondary N) is 1. The second-order valence-electron chi connectivity index (χ2n) is 4.74. The molecule has 0 bridgehead atoms. The molecule has 0 unspecified atom stereocenters. The summed E-state index contributed by atoms with van der Waals surface area (Å²) in [5, 5.41) is 7.25. The number of amides is 1. The second-order valence-corrected chi connectivity index (χ2v) is 4.74. The molecular formula is C13H22N4O. The van der Waals surface area contributed by atoms with Gasteiger partial charge in [-0.1, -0.05) is 6.92 Å². The number of hydrogen-bond donors (Lipinski definition) is 1. The maximum absolute atomic E-state index is 12.2. The highest BCUT2D eigenvalue weighted by Crippen LogP contribution is 2.20. The number of carbonyl (C=O) groups is 1. The second kappa shape index (κ2) is 5.52. The van der Waals surface area contributed by atoms with Gasteiger partial charge >= 0.3 is 0 Å². The van der Waals surface area contributed by atoms with E-state index in [-0.39, 0.29) is 11.9 Å². The Hall–Kier alpha value is -1.36. The van der Waals surface area contributed by atoms with E-state index in [2.05, 4.69) is 22.2 Å². The van der Waals surface area contributed by atoms with Gasteiger partial charge in [0.1, 0.15) is 0 Å². The van der Waals surface area contributed by atoms with Gasteiger partial charge in [-0.2, -0.15) is 5.10 Å². The van der Waals surface area contributed by atoms with Crippen molar-refractivity contribution in [2.24, 2.45) is 0 Å². The van der Waals surface area contributed by atoms with E-state index in [0.717, 1.165) is 43.9 Å². The summed E-state index contributed by atoms with van der Waals surface area (Å²) in [7, 11) is 0. The Morgan fingerprint density at radius 1 is 1.50 bits per heavy atom. The van der Waals surface area contributed by atoms with E-state index in [9.17, 15) is 4.79 Å². The Labute approximate surface area is 108 Å². The van der Waals surface area contributed by atoms with Gasteiger partial charge in [0, 0.05) is 6.54 Å². The van der Waals surface area contributed by atoms with Gasteiger partial charge in [0.25, 0.3) is 0 Å². The lowest BCUT2D eigenvalue weighted by Crippen LogP contribution is -2.39. The third-order valence-electron chi connectivity index (χ3n) is 3.73. The minimum Gasteiger partial charge on any atom is -0.322 e. The van der Waals surface area contributed by atoms with Crippen LogP contribution in [0.25, 0.3) is 0 Å². The molecule has 0 radical (unpaired) electrons. The summed E-state index contributed by atoms with van der Waals surface area (Å²) in [6.07, 6.45) is 3.81. The molecule has 1 amide bonds. The molecule has 1 N–H and O–H groups in total. The molecule has 0 aromatic carbocycles. The zero-order chi connectivity index (χ0) is 13.1. The first-order valence-electron chi connectivity index (χ1n) is 6.74. The van der Waals surface area contributed by atoms with Crippen LogP contribution in [0, 0.1) is 6.92 Å². The number of nitrogens with zero attached hydrogens (tertiary/aromatic N) is 3. The van der Waals surface area contributed by atoms with Crippen molar-refractivity contribution < 1.29 is 4.79 Å². The summed E-state index contributed by atoms with van der Waals surface area (Å²) < 4.78 is 1.89. The third kappa shape index (κ3) is 2.41. The van der Waals surface area contributed by atoms with Crippen LogP contribution in [0.15, 0.2) is 6.20 Å². The molecule has 2 heterocycles. The molecule has 1 saturated heterocycles. The predicted octanol–water partition coefficient (Wildman–Crippen LogP) is 1.63. The van der Waals surface area contributed by atoms with Gasteiger partial charge in [0.15, 0.2) is 0 Å². The predicted molar refractivity (Wildman–Crippen MR) is 71.5 cm³/mol. The molecule has 1 aliphatic heterocycles. The highest BCUT2D eigenvalue weighted by atomic mass is 16.2. The first kappa shape index (κ1) is 13.1. The normalized spacial score (nSPS) is 20.3. The fraction of sp³-hybridized carbons (Fsp3) is 0.692. The topological polar surface area (TPSA) is 50.2 Å². The van der Waals surface area contributed by atoms with Crippen LogP contribution in [0.2, 0.25) is 0 Å². The molecule has 5 nitrogen and oxygen atoms in total. The van der Waals surface area contributed by atoms with Crippen molar-refractivity contribution in [3.8, 4) is 0 Å². The number of aromatic nitrogens is 2.